The first kappa shape index (κ1) is 9.98. The van der Waals surface area contributed by atoms with Crippen LogP contribution in [-0.2, 0) is 0 Å². The highest BCUT2D eigenvalue weighted by molar-refractivity contribution is 8.93. The number of halogens is 1. The van der Waals surface area contributed by atoms with Gasteiger partial charge in [-0.25, -0.2) is 4.99 Å². The van der Waals surface area contributed by atoms with E-state index in [1.54, 1.807) is 0 Å². The maximum atomic E-state index is 5.66. The van der Waals surface area contributed by atoms with Crippen molar-refractivity contribution in [2.75, 3.05) is 5.32 Å². The third kappa shape index (κ3) is 1.47. The number of nitrogens with two attached hydrogens (primary N) is 1. The molecule has 4 heteroatoms. The van der Waals surface area contributed by atoms with Gasteiger partial charge < -0.3 is 11.1 Å². The Morgan fingerprint density at radius 2 is 1.80 bits per heavy atom. The number of hydrogen-bond acceptors (Lipinski definition) is 3. The highest BCUT2D eigenvalue weighted by atomic mass is 79.9. The zero-order chi connectivity index (χ0) is 9.54. The first-order valence-electron chi connectivity index (χ1n) is 4.47. The van der Waals surface area contributed by atoms with Crippen LogP contribution in [0.4, 0.5) is 11.4 Å². The minimum absolute atomic E-state index is 0. The van der Waals surface area contributed by atoms with Gasteiger partial charge in [-0.1, -0.05) is 24.3 Å². The minimum Gasteiger partial charge on any atom is -0.369 e. The predicted octanol–water partition coefficient (Wildman–Crippen LogP) is 2.79. The third-order valence-electron chi connectivity index (χ3n) is 2.39. The second kappa shape index (κ2) is 3.55. The molecule has 0 bridgehead atoms. The molecule has 3 N–H and O–H groups in total. The van der Waals surface area contributed by atoms with Crippen LogP contribution in [0.1, 0.15) is 0 Å². The van der Waals surface area contributed by atoms with Crippen molar-refractivity contribution in [3.63, 3.8) is 0 Å². The molecule has 0 saturated carbocycles. The SMILES string of the molecule is Br.NC1=Nc2cccc3cccc(c23)N1. The molecule has 2 aromatic rings. The van der Waals surface area contributed by atoms with E-state index in [0.717, 1.165) is 16.8 Å². The molecule has 0 saturated heterocycles. The van der Waals surface area contributed by atoms with E-state index in [-0.39, 0.29) is 17.0 Å². The second-order valence-corrected chi connectivity index (χ2v) is 3.30. The van der Waals surface area contributed by atoms with E-state index in [9.17, 15) is 0 Å². The highest BCUT2D eigenvalue weighted by Gasteiger charge is 2.10. The molecule has 0 unspecified atom stereocenters. The quantitative estimate of drug-likeness (QED) is 0.768. The average molecular weight is 264 g/mol. The molecule has 3 rings (SSSR count). The number of rotatable bonds is 0. The number of guanidine groups is 1. The monoisotopic (exact) mass is 263 g/mol. The Labute approximate surface area is 97.8 Å². The summed E-state index contributed by atoms with van der Waals surface area (Å²) in [6.07, 6.45) is 0. The van der Waals surface area contributed by atoms with E-state index in [1.807, 2.05) is 24.3 Å². The van der Waals surface area contributed by atoms with Gasteiger partial charge in [0.15, 0.2) is 5.96 Å². The van der Waals surface area contributed by atoms with Crippen molar-refractivity contribution in [2.45, 2.75) is 0 Å². The lowest BCUT2D eigenvalue weighted by atomic mass is 10.1. The number of nitrogens with one attached hydrogen (secondary N) is 1. The largest absolute Gasteiger partial charge is 0.369 e. The van der Waals surface area contributed by atoms with Crippen molar-refractivity contribution < 1.29 is 0 Å². The van der Waals surface area contributed by atoms with Crippen LogP contribution in [0.25, 0.3) is 10.8 Å². The molecule has 2 aromatic carbocycles. The Kier molecular flexibility index (Phi) is 2.36. The van der Waals surface area contributed by atoms with E-state index < -0.39 is 0 Å². The van der Waals surface area contributed by atoms with Gasteiger partial charge in [0.05, 0.1) is 11.4 Å². The Balaban J connectivity index is 0.000000853. The maximum Gasteiger partial charge on any atom is 0.198 e. The summed E-state index contributed by atoms with van der Waals surface area (Å²) in [6.45, 7) is 0. The standard InChI is InChI=1S/C11H9N3.BrH/c12-11-13-8-5-1-3-7-4-2-6-9(14-11)10(7)8;/h1-6H,(H3,12,13,14);1H. The molecule has 15 heavy (non-hydrogen) atoms. The van der Waals surface area contributed by atoms with Crippen molar-refractivity contribution in [3.05, 3.63) is 36.4 Å². The summed E-state index contributed by atoms with van der Waals surface area (Å²) in [6, 6.07) is 12.1. The van der Waals surface area contributed by atoms with Gasteiger partial charge in [0.2, 0.25) is 0 Å². The Bertz CT molecular complexity index is 543. The van der Waals surface area contributed by atoms with Crippen molar-refractivity contribution in [1.29, 1.82) is 0 Å². The van der Waals surface area contributed by atoms with Gasteiger partial charge in [0.25, 0.3) is 0 Å². The molecule has 0 amide bonds. The van der Waals surface area contributed by atoms with Crippen LogP contribution < -0.4 is 11.1 Å². The molecule has 0 aliphatic carbocycles. The molecule has 1 aliphatic rings. The average Bonchev–Trinajstić information content (AvgIpc) is 2.18. The first-order valence-corrected chi connectivity index (χ1v) is 4.47. The molecule has 0 aromatic heterocycles. The predicted molar refractivity (Wildman–Crippen MR) is 69.2 cm³/mol. The number of nitrogens with zero attached hydrogens (tertiary/aromatic N) is 1. The highest BCUT2D eigenvalue weighted by Crippen LogP contribution is 2.34. The summed E-state index contributed by atoms with van der Waals surface area (Å²) in [4.78, 5) is 4.25. The van der Waals surface area contributed by atoms with E-state index in [0.29, 0.717) is 5.96 Å². The number of anilines is 1. The zero-order valence-corrected chi connectivity index (χ0v) is 9.61. The van der Waals surface area contributed by atoms with E-state index in [1.165, 1.54) is 5.39 Å². The molecule has 3 nitrogen and oxygen atoms in total. The molecule has 0 fully saturated rings. The van der Waals surface area contributed by atoms with Crippen LogP contribution in [0.5, 0.6) is 0 Å². The molecule has 1 aliphatic heterocycles. The fraction of sp³-hybridized carbons (Fsp3) is 0. The van der Waals surface area contributed by atoms with Crippen molar-refractivity contribution in [1.82, 2.24) is 0 Å². The Morgan fingerprint density at radius 3 is 2.60 bits per heavy atom. The Morgan fingerprint density at radius 1 is 1.07 bits per heavy atom. The second-order valence-electron chi connectivity index (χ2n) is 3.30. The number of hydrogen-bond donors (Lipinski definition) is 2. The van der Waals surface area contributed by atoms with Gasteiger partial charge in [0, 0.05) is 5.39 Å². The molecule has 0 spiro atoms. The topological polar surface area (TPSA) is 50.4 Å². The van der Waals surface area contributed by atoms with Crippen LogP contribution in [0.2, 0.25) is 0 Å². The summed E-state index contributed by atoms with van der Waals surface area (Å²) in [5.41, 5.74) is 7.64. The smallest absolute Gasteiger partial charge is 0.198 e. The van der Waals surface area contributed by atoms with Gasteiger partial charge in [-0.2, -0.15) is 0 Å². The first-order chi connectivity index (χ1) is 6.84. The third-order valence-corrected chi connectivity index (χ3v) is 2.39. The fourth-order valence-corrected chi connectivity index (χ4v) is 1.81. The molecule has 76 valence electrons. The molecule has 1 heterocycles. The maximum absolute atomic E-state index is 5.66. The van der Waals surface area contributed by atoms with Crippen LogP contribution in [0, 0.1) is 0 Å². The summed E-state index contributed by atoms with van der Waals surface area (Å²) in [5, 5.41) is 5.38. The van der Waals surface area contributed by atoms with Gasteiger partial charge in [-0.15, -0.1) is 17.0 Å². The van der Waals surface area contributed by atoms with E-state index in [4.69, 9.17) is 5.73 Å². The van der Waals surface area contributed by atoms with E-state index >= 15 is 0 Å². The molecular weight excluding hydrogens is 254 g/mol. The van der Waals surface area contributed by atoms with Crippen molar-refractivity contribution in [2.24, 2.45) is 10.7 Å². The molecular formula is C11H10BrN3. The van der Waals surface area contributed by atoms with Gasteiger partial charge in [0.1, 0.15) is 0 Å². The summed E-state index contributed by atoms with van der Waals surface area (Å²) >= 11 is 0. The van der Waals surface area contributed by atoms with Crippen molar-refractivity contribution in [3.8, 4) is 0 Å². The molecule has 0 atom stereocenters. The summed E-state index contributed by atoms with van der Waals surface area (Å²) in [7, 11) is 0. The van der Waals surface area contributed by atoms with Gasteiger partial charge >= 0.3 is 0 Å². The lowest BCUT2D eigenvalue weighted by molar-refractivity contribution is 1.44. The molecule has 0 radical (unpaired) electrons. The normalized spacial score (nSPS) is 12.7. The zero-order valence-electron chi connectivity index (χ0n) is 7.90. The van der Waals surface area contributed by atoms with Crippen LogP contribution in [-0.4, -0.2) is 5.96 Å². The Hall–Kier alpha value is -1.55. The summed E-state index contributed by atoms with van der Waals surface area (Å²) < 4.78 is 0. The number of benzene rings is 2. The lowest BCUT2D eigenvalue weighted by Gasteiger charge is -2.15. The van der Waals surface area contributed by atoms with Gasteiger partial charge in [-0.05, 0) is 17.5 Å². The number of aliphatic imine (C=N–C) groups is 1. The van der Waals surface area contributed by atoms with Crippen LogP contribution in [0.3, 0.4) is 0 Å². The fourth-order valence-electron chi connectivity index (χ4n) is 1.81. The van der Waals surface area contributed by atoms with Gasteiger partial charge in [-0.3, -0.25) is 0 Å². The van der Waals surface area contributed by atoms with Crippen LogP contribution in [0.15, 0.2) is 41.4 Å². The van der Waals surface area contributed by atoms with E-state index in [2.05, 4.69) is 22.4 Å². The van der Waals surface area contributed by atoms with Crippen molar-refractivity contribution >= 4 is 45.1 Å². The summed E-state index contributed by atoms with van der Waals surface area (Å²) in [5.74, 6) is 0.455. The lowest BCUT2D eigenvalue weighted by Crippen LogP contribution is -2.23. The minimum atomic E-state index is 0. The van der Waals surface area contributed by atoms with Crippen LogP contribution >= 0.6 is 17.0 Å².